The molecule has 2 rings (SSSR count). The molecule has 0 heterocycles. The second kappa shape index (κ2) is 7.40. The number of aliphatic hydroxyl groups is 1. The molecular formula is C17H24N2O3. The van der Waals surface area contributed by atoms with E-state index in [1.807, 2.05) is 24.3 Å². The zero-order valence-electron chi connectivity index (χ0n) is 13.1. The van der Waals surface area contributed by atoms with Crippen LogP contribution in [0.5, 0.6) is 0 Å². The second-order valence-electron chi connectivity index (χ2n) is 6.22. The van der Waals surface area contributed by atoms with Gasteiger partial charge in [-0.2, -0.15) is 0 Å². The molecule has 0 spiro atoms. The molecule has 1 aliphatic carbocycles. The van der Waals surface area contributed by atoms with Crippen LogP contribution < -0.4 is 10.6 Å². The van der Waals surface area contributed by atoms with Crippen LogP contribution in [-0.4, -0.2) is 29.6 Å². The van der Waals surface area contributed by atoms with Crippen molar-refractivity contribution < 1.29 is 14.7 Å². The Bertz CT molecular complexity index is 542. The van der Waals surface area contributed by atoms with Crippen molar-refractivity contribution in [1.82, 2.24) is 10.6 Å². The predicted molar refractivity (Wildman–Crippen MR) is 84.1 cm³/mol. The number of hydrogen-bond donors (Lipinski definition) is 3. The molecule has 1 aliphatic rings. The molecule has 2 atom stereocenters. The van der Waals surface area contributed by atoms with E-state index in [9.17, 15) is 14.7 Å². The minimum absolute atomic E-state index is 0.0533. The number of carbonyl (C=O) groups is 2. The van der Waals surface area contributed by atoms with Crippen LogP contribution in [0.2, 0.25) is 0 Å². The van der Waals surface area contributed by atoms with Gasteiger partial charge in [-0.15, -0.1) is 0 Å². The Morgan fingerprint density at radius 3 is 2.73 bits per heavy atom. The quantitative estimate of drug-likeness (QED) is 0.741. The standard InChI is InChI=1S/C17H24N2O3/c1-11(2)7-8-15(21)18-10-16(22)19-17-13-6-4-3-5-12(13)9-14(17)20/h3-6,11,14,17,20H,7-10H2,1-2H3,(H,18,21)(H,19,22)/t14-,17+/m0/s1. The molecule has 1 aromatic rings. The number of nitrogens with one attached hydrogen (secondary N) is 2. The fourth-order valence-corrected chi connectivity index (χ4v) is 2.66. The van der Waals surface area contributed by atoms with Gasteiger partial charge in [0.1, 0.15) is 0 Å². The molecule has 3 N–H and O–H groups in total. The van der Waals surface area contributed by atoms with E-state index in [2.05, 4.69) is 24.5 Å². The number of aliphatic hydroxyl groups excluding tert-OH is 1. The van der Waals surface area contributed by atoms with E-state index < -0.39 is 12.1 Å². The Hall–Kier alpha value is -1.88. The van der Waals surface area contributed by atoms with Gasteiger partial charge in [-0.1, -0.05) is 38.1 Å². The van der Waals surface area contributed by atoms with Gasteiger partial charge in [-0.3, -0.25) is 9.59 Å². The third-order valence-corrected chi connectivity index (χ3v) is 3.92. The summed E-state index contributed by atoms with van der Waals surface area (Å²) in [6.07, 6.45) is 1.17. The number of rotatable bonds is 6. The summed E-state index contributed by atoms with van der Waals surface area (Å²) in [4.78, 5) is 23.6. The third-order valence-electron chi connectivity index (χ3n) is 3.92. The largest absolute Gasteiger partial charge is 0.390 e. The molecular weight excluding hydrogens is 280 g/mol. The van der Waals surface area contributed by atoms with Crippen LogP contribution in [0.25, 0.3) is 0 Å². The van der Waals surface area contributed by atoms with Crippen LogP contribution in [0, 0.1) is 5.92 Å². The van der Waals surface area contributed by atoms with Crippen LogP contribution in [0.15, 0.2) is 24.3 Å². The normalized spacial score (nSPS) is 19.8. The maximum Gasteiger partial charge on any atom is 0.239 e. The van der Waals surface area contributed by atoms with E-state index in [0.717, 1.165) is 17.5 Å². The van der Waals surface area contributed by atoms with E-state index in [0.29, 0.717) is 18.8 Å². The number of benzene rings is 1. The molecule has 1 aromatic carbocycles. The lowest BCUT2D eigenvalue weighted by molar-refractivity contribution is -0.127. The van der Waals surface area contributed by atoms with Crippen LogP contribution in [-0.2, 0) is 16.0 Å². The highest BCUT2D eigenvalue weighted by atomic mass is 16.3. The average molecular weight is 304 g/mol. The highest BCUT2D eigenvalue weighted by Crippen LogP contribution is 2.30. The van der Waals surface area contributed by atoms with Crippen LogP contribution >= 0.6 is 0 Å². The van der Waals surface area contributed by atoms with Crippen molar-refractivity contribution in [3.05, 3.63) is 35.4 Å². The second-order valence-corrected chi connectivity index (χ2v) is 6.22. The van der Waals surface area contributed by atoms with Crippen LogP contribution in [0.3, 0.4) is 0 Å². The van der Waals surface area contributed by atoms with E-state index in [-0.39, 0.29) is 18.4 Å². The van der Waals surface area contributed by atoms with Gasteiger partial charge in [-0.05, 0) is 23.5 Å². The summed E-state index contributed by atoms with van der Waals surface area (Å²) in [7, 11) is 0. The Labute approximate surface area is 131 Å². The number of amides is 2. The van der Waals surface area contributed by atoms with E-state index >= 15 is 0 Å². The summed E-state index contributed by atoms with van der Waals surface area (Å²) < 4.78 is 0. The van der Waals surface area contributed by atoms with Crippen molar-refractivity contribution >= 4 is 11.8 Å². The Morgan fingerprint density at radius 1 is 1.27 bits per heavy atom. The summed E-state index contributed by atoms with van der Waals surface area (Å²) in [5.41, 5.74) is 2.01. The molecule has 22 heavy (non-hydrogen) atoms. The minimum atomic E-state index is -0.613. The van der Waals surface area contributed by atoms with Crippen LogP contribution in [0.1, 0.15) is 43.9 Å². The Morgan fingerprint density at radius 2 is 2.00 bits per heavy atom. The molecule has 0 saturated heterocycles. The van der Waals surface area contributed by atoms with E-state index in [4.69, 9.17) is 0 Å². The SMILES string of the molecule is CC(C)CCC(=O)NCC(=O)N[C@@H]1c2ccccc2C[C@@H]1O. The fourth-order valence-electron chi connectivity index (χ4n) is 2.66. The zero-order valence-corrected chi connectivity index (χ0v) is 13.1. The van der Waals surface area contributed by atoms with Crippen molar-refractivity contribution in [3.63, 3.8) is 0 Å². The maximum absolute atomic E-state index is 12.0. The van der Waals surface area contributed by atoms with Gasteiger partial charge in [0.05, 0.1) is 18.7 Å². The molecule has 0 unspecified atom stereocenters. The Kier molecular flexibility index (Phi) is 5.55. The van der Waals surface area contributed by atoms with E-state index in [1.165, 1.54) is 0 Å². The van der Waals surface area contributed by atoms with Gasteiger partial charge in [0, 0.05) is 12.8 Å². The van der Waals surface area contributed by atoms with Gasteiger partial charge in [0.25, 0.3) is 0 Å². The summed E-state index contributed by atoms with van der Waals surface area (Å²) >= 11 is 0. The average Bonchev–Trinajstić information content (AvgIpc) is 2.79. The molecule has 2 amide bonds. The van der Waals surface area contributed by atoms with Crippen molar-refractivity contribution in [2.45, 2.75) is 45.3 Å². The minimum Gasteiger partial charge on any atom is -0.390 e. The van der Waals surface area contributed by atoms with E-state index in [1.54, 1.807) is 0 Å². The molecule has 120 valence electrons. The highest BCUT2D eigenvalue weighted by Gasteiger charge is 2.31. The van der Waals surface area contributed by atoms with Gasteiger partial charge < -0.3 is 15.7 Å². The first-order valence-corrected chi connectivity index (χ1v) is 7.79. The molecule has 0 saturated carbocycles. The van der Waals surface area contributed by atoms with Crippen LogP contribution in [0.4, 0.5) is 0 Å². The summed E-state index contributed by atoms with van der Waals surface area (Å²) in [5, 5.41) is 15.5. The maximum atomic E-state index is 12.0. The number of fused-ring (bicyclic) bond motifs is 1. The molecule has 0 aliphatic heterocycles. The summed E-state index contributed by atoms with van der Waals surface area (Å²) in [6, 6.07) is 7.29. The monoisotopic (exact) mass is 304 g/mol. The lowest BCUT2D eigenvalue weighted by atomic mass is 10.1. The number of hydrogen-bond acceptors (Lipinski definition) is 3. The van der Waals surface area contributed by atoms with Gasteiger partial charge in [0.2, 0.25) is 11.8 Å². The molecule has 5 nitrogen and oxygen atoms in total. The Balaban J connectivity index is 1.81. The molecule has 0 aromatic heterocycles. The topological polar surface area (TPSA) is 78.4 Å². The molecule has 0 bridgehead atoms. The highest BCUT2D eigenvalue weighted by molar-refractivity contribution is 5.85. The molecule has 0 fully saturated rings. The fraction of sp³-hybridized carbons (Fsp3) is 0.529. The first-order valence-electron chi connectivity index (χ1n) is 7.79. The van der Waals surface area contributed by atoms with Crippen molar-refractivity contribution in [3.8, 4) is 0 Å². The molecule has 0 radical (unpaired) electrons. The van der Waals surface area contributed by atoms with Gasteiger partial charge in [0.15, 0.2) is 0 Å². The summed E-state index contributed by atoms with van der Waals surface area (Å²) in [5.74, 6) is 0.0691. The molecule has 5 heteroatoms. The smallest absolute Gasteiger partial charge is 0.239 e. The first-order chi connectivity index (χ1) is 10.5. The van der Waals surface area contributed by atoms with Gasteiger partial charge >= 0.3 is 0 Å². The number of carbonyl (C=O) groups excluding carboxylic acids is 2. The predicted octanol–water partition coefficient (Wildman–Crippen LogP) is 1.31. The lowest BCUT2D eigenvalue weighted by Crippen LogP contribution is -2.41. The van der Waals surface area contributed by atoms with Crippen molar-refractivity contribution in [2.75, 3.05) is 6.54 Å². The summed E-state index contributed by atoms with van der Waals surface area (Å²) in [6.45, 7) is 4.06. The first kappa shape index (κ1) is 16.5. The van der Waals surface area contributed by atoms with Crippen molar-refractivity contribution in [2.24, 2.45) is 5.92 Å². The van der Waals surface area contributed by atoms with Crippen molar-refractivity contribution in [1.29, 1.82) is 0 Å². The third kappa shape index (κ3) is 4.31. The zero-order chi connectivity index (χ0) is 16.1. The van der Waals surface area contributed by atoms with Gasteiger partial charge in [-0.25, -0.2) is 0 Å². The lowest BCUT2D eigenvalue weighted by Gasteiger charge is -2.18.